The van der Waals surface area contributed by atoms with Crippen LogP contribution in [0.25, 0.3) is 23.5 Å². The molecule has 3 aromatic rings. The van der Waals surface area contributed by atoms with Crippen LogP contribution in [0.2, 0.25) is 0 Å². The fraction of sp³-hybridized carbons (Fsp3) is 0.0556. The number of hydrogen-bond acceptors (Lipinski definition) is 2. The lowest BCUT2D eigenvalue weighted by molar-refractivity contribution is 0.572. The zero-order chi connectivity index (χ0) is 13.8. The van der Waals surface area contributed by atoms with Gasteiger partial charge in [-0.1, -0.05) is 66.2 Å². The van der Waals surface area contributed by atoms with Crippen molar-refractivity contribution < 1.29 is 4.42 Å². The van der Waals surface area contributed by atoms with Gasteiger partial charge in [0.1, 0.15) is 0 Å². The van der Waals surface area contributed by atoms with Gasteiger partial charge in [0.25, 0.3) is 0 Å². The van der Waals surface area contributed by atoms with E-state index in [1.165, 1.54) is 17.5 Å². The SMILES string of the molecule is Cc1ccc(/C=C/c2ccc(-c3cnco3)cc2)cc1. The Labute approximate surface area is 118 Å². The number of oxazole rings is 1. The van der Waals surface area contributed by atoms with Gasteiger partial charge in [0.05, 0.1) is 6.20 Å². The molecule has 20 heavy (non-hydrogen) atoms. The largest absolute Gasteiger partial charge is 0.444 e. The molecule has 98 valence electrons. The second-order valence-corrected chi connectivity index (χ2v) is 4.73. The number of rotatable bonds is 3. The van der Waals surface area contributed by atoms with Crippen LogP contribution < -0.4 is 0 Å². The Hall–Kier alpha value is -2.61. The van der Waals surface area contributed by atoms with E-state index in [0.717, 1.165) is 16.9 Å². The third-order valence-corrected chi connectivity index (χ3v) is 3.17. The van der Waals surface area contributed by atoms with E-state index < -0.39 is 0 Å². The lowest BCUT2D eigenvalue weighted by Gasteiger charge is -1.98. The van der Waals surface area contributed by atoms with Crippen molar-refractivity contribution in [2.45, 2.75) is 6.92 Å². The Morgan fingerprint density at radius 2 is 1.45 bits per heavy atom. The Morgan fingerprint density at radius 3 is 2.00 bits per heavy atom. The van der Waals surface area contributed by atoms with Crippen molar-refractivity contribution in [1.82, 2.24) is 4.98 Å². The zero-order valence-electron chi connectivity index (χ0n) is 11.3. The van der Waals surface area contributed by atoms with Crippen LogP contribution in [0.5, 0.6) is 0 Å². The number of aryl methyl sites for hydroxylation is 1. The van der Waals surface area contributed by atoms with Crippen LogP contribution in [0.3, 0.4) is 0 Å². The average Bonchev–Trinajstić information content (AvgIpc) is 3.01. The van der Waals surface area contributed by atoms with Gasteiger partial charge in [-0.2, -0.15) is 0 Å². The summed E-state index contributed by atoms with van der Waals surface area (Å²) in [6, 6.07) is 16.7. The topological polar surface area (TPSA) is 26.0 Å². The summed E-state index contributed by atoms with van der Waals surface area (Å²) >= 11 is 0. The van der Waals surface area contributed by atoms with Crippen molar-refractivity contribution >= 4 is 12.2 Å². The maximum atomic E-state index is 5.27. The molecule has 1 aromatic heterocycles. The molecule has 0 fully saturated rings. The first-order chi connectivity index (χ1) is 9.81. The van der Waals surface area contributed by atoms with E-state index in [4.69, 9.17) is 4.42 Å². The van der Waals surface area contributed by atoms with Crippen molar-refractivity contribution in [1.29, 1.82) is 0 Å². The lowest BCUT2D eigenvalue weighted by Crippen LogP contribution is -1.76. The van der Waals surface area contributed by atoms with Gasteiger partial charge < -0.3 is 4.42 Å². The van der Waals surface area contributed by atoms with Crippen molar-refractivity contribution in [3.8, 4) is 11.3 Å². The number of aromatic nitrogens is 1. The molecule has 0 aliphatic rings. The summed E-state index contributed by atoms with van der Waals surface area (Å²) in [4.78, 5) is 3.92. The molecule has 0 radical (unpaired) electrons. The first-order valence-electron chi connectivity index (χ1n) is 6.55. The summed E-state index contributed by atoms with van der Waals surface area (Å²) in [5.41, 5.74) is 4.68. The molecule has 0 spiro atoms. The third-order valence-electron chi connectivity index (χ3n) is 3.17. The molecule has 1 heterocycles. The maximum absolute atomic E-state index is 5.27. The quantitative estimate of drug-likeness (QED) is 0.632. The second-order valence-electron chi connectivity index (χ2n) is 4.73. The molecule has 0 amide bonds. The second kappa shape index (κ2) is 5.57. The Kier molecular flexibility index (Phi) is 3.46. The molecule has 0 N–H and O–H groups in total. The normalized spacial score (nSPS) is 11.1. The van der Waals surface area contributed by atoms with Crippen molar-refractivity contribution in [3.63, 3.8) is 0 Å². The number of benzene rings is 2. The summed E-state index contributed by atoms with van der Waals surface area (Å²) in [5, 5.41) is 0. The molecule has 3 rings (SSSR count). The summed E-state index contributed by atoms with van der Waals surface area (Å²) in [6.45, 7) is 2.09. The maximum Gasteiger partial charge on any atom is 0.181 e. The predicted molar refractivity (Wildman–Crippen MR) is 82.0 cm³/mol. The smallest absolute Gasteiger partial charge is 0.181 e. The van der Waals surface area contributed by atoms with E-state index in [2.05, 4.69) is 60.5 Å². The highest BCUT2D eigenvalue weighted by atomic mass is 16.3. The first kappa shape index (κ1) is 12.4. The van der Waals surface area contributed by atoms with Gasteiger partial charge in [-0.15, -0.1) is 0 Å². The van der Waals surface area contributed by atoms with Gasteiger partial charge in [-0.05, 0) is 18.1 Å². The summed E-state index contributed by atoms with van der Waals surface area (Å²) in [6.07, 6.45) is 7.38. The molecule has 0 aliphatic carbocycles. The molecule has 0 atom stereocenters. The van der Waals surface area contributed by atoms with Gasteiger partial charge in [0, 0.05) is 5.56 Å². The van der Waals surface area contributed by atoms with Crippen LogP contribution in [0, 0.1) is 6.92 Å². The van der Waals surface area contributed by atoms with Crippen molar-refractivity contribution in [2.75, 3.05) is 0 Å². The summed E-state index contributed by atoms with van der Waals surface area (Å²) < 4.78 is 5.27. The number of nitrogens with zero attached hydrogens (tertiary/aromatic N) is 1. The molecular formula is C18H15NO. The third kappa shape index (κ3) is 2.86. The highest BCUT2D eigenvalue weighted by molar-refractivity contribution is 5.71. The molecular weight excluding hydrogens is 246 g/mol. The fourth-order valence-electron chi connectivity index (χ4n) is 1.99. The summed E-state index contributed by atoms with van der Waals surface area (Å²) in [5.74, 6) is 0.791. The lowest BCUT2D eigenvalue weighted by atomic mass is 10.1. The van der Waals surface area contributed by atoms with E-state index >= 15 is 0 Å². The number of hydrogen-bond donors (Lipinski definition) is 0. The highest BCUT2D eigenvalue weighted by Crippen LogP contribution is 2.19. The van der Waals surface area contributed by atoms with Gasteiger partial charge in [0.2, 0.25) is 0 Å². The zero-order valence-corrected chi connectivity index (χ0v) is 11.3. The van der Waals surface area contributed by atoms with Crippen molar-refractivity contribution in [2.24, 2.45) is 0 Å². The molecule has 0 saturated carbocycles. The molecule has 0 unspecified atom stereocenters. The fourth-order valence-corrected chi connectivity index (χ4v) is 1.99. The molecule has 0 aliphatic heterocycles. The van der Waals surface area contributed by atoms with E-state index in [-0.39, 0.29) is 0 Å². The van der Waals surface area contributed by atoms with Crippen molar-refractivity contribution in [3.05, 3.63) is 77.8 Å². The molecule has 2 heteroatoms. The van der Waals surface area contributed by atoms with Crippen LogP contribution in [0.1, 0.15) is 16.7 Å². The van der Waals surface area contributed by atoms with E-state index in [1.807, 2.05) is 12.1 Å². The first-order valence-corrected chi connectivity index (χ1v) is 6.55. The Balaban J connectivity index is 1.76. The minimum absolute atomic E-state index is 0.791. The Morgan fingerprint density at radius 1 is 0.850 bits per heavy atom. The van der Waals surface area contributed by atoms with Crippen LogP contribution in [0.15, 0.2) is 65.5 Å². The predicted octanol–water partition coefficient (Wildman–Crippen LogP) is 4.82. The Bertz CT molecular complexity index is 692. The van der Waals surface area contributed by atoms with Crippen LogP contribution in [-0.4, -0.2) is 4.98 Å². The van der Waals surface area contributed by atoms with Crippen LogP contribution in [-0.2, 0) is 0 Å². The highest BCUT2D eigenvalue weighted by Gasteiger charge is 1.99. The van der Waals surface area contributed by atoms with Gasteiger partial charge in [-0.25, -0.2) is 4.98 Å². The minimum Gasteiger partial charge on any atom is -0.444 e. The van der Waals surface area contributed by atoms with Gasteiger partial charge in [0.15, 0.2) is 12.2 Å². The molecule has 0 bridgehead atoms. The average molecular weight is 261 g/mol. The van der Waals surface area contributed by atoms with E-state index in [9.17, 15) is 0 Å². The molecule has 2 nitrogen and oxygen atoms in total. The van der Waals surface area contributed by atoms with Crippen LogP contribution >= 0.6 is 0 Å². The molecule has 0 saturated heterocycles. The van der Waals surface area contributed by atoms with E-state index in [1.54, 1.807) is 6.20 Å². The standard InChI is InChI=1S/C18H15NO/c1-14-2-4-15(5-3-14)6-7-16-8-10-17(11-9-16)18-12-19-13-20-18/h2-13H,1H3/b7-6+. The van der Waals surface area contributed by atoms with Gasteiger partial charge >= 0.3 is 0 Å². The minimum atomic E-state index is 0.791. The van der Waals surface area contributed by atoms with Crippen LogP contribution in [0.4, 0.5) is 0 Å². The molecule has 2 aromatic carbocycles. The van der Waals surface area contributed by atoms with E-state index in [0.29, 0.717) is 0 Å². The van der Waals surface area contributed by atoms with Gasteiger partial charge in [-0.3, -0.25) is 0 Å². The summed E-state index contributed by atoms with van der Waals surface area (Å²) in [7, 11) is 0. The monoisotopic (exact) mass is 261 g/mol.